The molecule has 1 atom stereocenters. The molecular formula is C12H24N2O4S. The molecule has 1 fully saturated rings. The highest BCUT2D eigenvalue weighted by Gasteiger charge is 2.26. The van der Waals surface area contributed by atoms with Crippen LogP contribution in [0.1, 0.15) is 46.0 Å². The normalized spacial score (nSPS) is 17.6. The fraction of sp³-hybridized carbons (Fsp3) is 0.917. The van der Waals surface area contributed by atoms with Crippen molar-refractivity contribution < 1.29 is 18.3 Å². The van der Waals surface area contributed by atoms with Crippen LogP contribution in [0.15, 0.2) is 0 Å². The van der Waals surface area contributed by atoms with Gasteiger partial charge in [-0.25, -0.2) is 4.72 Å². The second-order valence-electron chi connectivity index (χ2n) is 5.52. The Morgan fingerprint density at radius 1 is 1.32 bits per heavy atom. The summed E-state index contributed by atoms with van der Waals surface area (Å²) in [6.45, 7) is 4.41. The molecule has 7 heteroatoms. The molecule has 1 aliphatic carbocycles. The minimum absolute atomic E-state index is 0.102. The van der Waals surface area contributed by atoms with Crippen LogP contribution in [0.3, 0.4) is 0 Å². The van der Waals surface area contributed by atoms with Crippen molar-refractivity contribution in [1.29, 1.82) is 0 Å². The van der Waals surface area contributed by atoms with Crippen LogP contribution in [0.5, 0.6) is 0 Å². The van der Waals surface area contributed by atoms with Crippen molar-refractivity contribution in [3.8, 4) is 0 Å². The SMILES string of the molecule is CC(C)C(CCNS(=O)(=O)NC1CC1)CCC(=O)O. The molecule has 0 heterocycles. The zero-order valence-corrected chi connectivity index (χ0v) is 12.4. The monoisotopic (exact) mass is 292 g/mol. The molecular weight excluding hydrogens is 268 g/mol. The van der Waals surface area contributed by atoms with E-state index in [0.29, 0.717) is 25.3 Å². The Labute approximate surface area is 115 Å². The third-order valence-electron chi connectivity index (χ3n) is 3.38. The maximum absolute atomic E-state index is 11.6. The summed E-state index contributed by atoms with van der Waals surface area (Å²) in [5.74, 6) is -0.235. The molecule has 19 heavy (non-hydrogen) atoms. The molecule has 0 radical (unpaired) electrons. The molecule has 3 N–H and O–H groups in total. The van der Waals surface area contributed by atoms with Gasteiger partial charge in [0.2, 0.25) is 0 Å². The first-order valence-corrected chi connectivity index (χ1v) is 8.27. The Hall–Kier alpha value is -0.660. The molecule has 0 aliphatic heterocycles. The van der Waals surface area contributed by atoms with Gasteiger partial charge in [-0.1, -0.05) is 13.8 Å². The molecule has 1 unspecified atom stereocenters. The number of hydrogen-bond acceptors (Lipinski definition) is 3. The van der Waals surface area contributed by atoms with Crippen LogP contribution in [0.4, 0.5) is 0 Å². The van der Waals surface area contributed by atoms with Gasteiger partial charge in [-0.3, -0.25) is 4.79 Å². The van der Waals surface area contributed by atoms with Crippen LogP contribution >= 0.6 is 0 Å². The van der Waals surface area contributed by atoms with Crippen LogP contribution < -0.4 is 9.44 Å². The summed E-state index contributed by atoms with van der Waals surface area (Å²) < 4.78 is 28.2. The van der Waals surface area contributed by atoms with Crippen molar-refractivity contribution in [1.82, 2.24) is 9.44 Å². The first kappa shape index (κ1) is 16.4. The van der Waals surface area contributed by atoms with Gasteiger partial charge in [0.15, 0.2) is 0 Å². The summed E-state index contributed by atoms with van der Waals surface area (Å²) in [4.78, 5) is 10.6. The smallest absolute Gasteiger partial charge is 0.303 e. The lowest BCUT2D eigenvalue weighted by molar-refractivity contribution is -0.137. The average molecular weight is 292 g/mol. The van der Waals surface area contributed by atoms with E-state index < -0.39 is 16.2 Å². The second kappa shape index (κ2) is 7.21. The van der Waals surface area contributed by atoms with Crippen LogP contribution in [0, 0.1) is 11.8 Å². The molecule has 1 rings (SSSR count). The fourth-order valence-electron chi connectivity index (χ4n) is 1.96. The molecule has 0 aromatic rings. The average Bonchev–Trinajstić information content (AvgIpc) is 3.05. The van der Waals surface area contributed by atoms with Gasteiger partial charge in [0, 0.05) is 19.0 Å². The van der Waals surface area contributed by atoms with Gasteiger partial charge in [-0.2, -0.15) is 13.1 Å². The van der Waals surface area contributed by atoms with E-state index >= 15 is 0 Å². The largest absolute Gasteiger partial charge is 0.481 e. The predicted molar refractivity (Wildman–Crippen MR) is 72.9 cm³/mol. The molecule has 0 amide bonds. The molecule has 0 saturated heterocycles. The number of carboxylic acid groups (broad SMARTS) is 1. The Morgan fingerprint density at radius 3 is 2.42 bits per heavy atom. The van der Waals surface area contributed by atoms with Gasteiger partial charge < -0.3 is 5.11 Å². The summed E-state index contributed by atoms with van der Waals surface area (Å²) in [5.41, 5.74) is 0. The third-order valence-corrected chi connectivity index (χ3v) is 4.61. The van der Waals surface area contributed by atoms with Crippen molar-refractivity contribution in [3.05, 3.63) is 0 Å². The molecule has 0 spiro atoms. The number of carboxylic acids is 1. The highest BCUT2D eigenvalue weighted by atomic mass is 32.2. The van der Waals surface area contributed by atoms with E-state index in [2.05, 4.69) is 9.44 Å². The zero-order chi connectivity index (χ0) is 14.5. The lowest BCUT2D eigenvalue weighted by Crippen LogP contribution is -2.38. The van der Waals surface area contributed by atoms with Crippen LogP contribution in [0.2, 0.25) is 0 Å². The zero-order valence-electron chi connectivity index (χ0n) is 11.6. The van der Waals surface area contributed by atoms with Gasteiger partial charge in [-0.15, -0.1) is 0 Å². The number of aliphatic carboxylic acids is 1. The van der Waals surface area contributed by atoms with E-state index in [0.717, 1.165) is 12.8 Å². The minimum atomic E-state index is -3.39. The number of carbonyl (C=O) groups is 1. The quantitative estimate of drug-likeness (QED) is 0.562. The molecule has 6 nitrogen and oxygen atoms in total. The third kappa shape index (κ3) is 7.49. The number of nitrogens with one attached hydrogen (secondary N) is 2. The van der Waals surface area contributed by atoms with Gasteiger partial charge in [-0.05, 0) is 37.5 Å². The van der Waals surface area contributed by atoms with Crippen molar-refractivity contribution in [2.75, 3.05) is 6.54 Å². The van der Waals surface area contributed by atoms with E-state index in [-0.39, 0.29) is 18.4 Å². The molecule has 1 saturated carbocycles. The Morgan fingerprint density at radius 2 is 1.95 bits per heavy atom. The van der Waals surface area contributed by atoms with Crippen molar-refractivity contribution in [3.63, 3.8) is 0 Å². The molecule has 1 aliphatic rings. The van der Waals surface area contributed by atoms with Crippen LogP contribution in [-0.4, -0.2) is 32.1 Å². The molecule has 0 bridgehead atoms. The highest BCUT2D eigenvalue weighted by Crippen LogP contribution is 2.21. The molecule has 0 aromatic heterocycles. The van der Waals surface area contributed by atoms with E-state index in [4.69, 9.17) is 5.11 Å². The van der Waals surface area contributed by atoms with E-state index in [1.807, 2.05) is 13.8 Å². The summed E-state index contributed by atoms with van der Waals surface area (Å²) in [5, 5.41) is 8.68. The number of rotatable bonds is 10. The fourth-order valence-corrected chi connectivity index (χ4v) is 3.11. The van der Waals surface area contributed by atoms with E-state index in [1.54, 1.807) is 0 Å². The minimum Gasteiger partial charge on any atom is -0.481 e. The van der Waals surface area contributed by atoms with Gasteiger partial charge in [0.05, 0.1) is 0 Å². The summed E-state index contributed by atoms with van der Waals surface area (Å²) >= 11 is 0. The topological polar surface area (TPSA) is 95.5 Å². The number of hydrogen-bond donors (Lipinski definition) is 3. The highest BCUT2D eigenvalue weighted by molar-refractivity contribution is 7.87. The molecule has 112 valence electrons. The van der Waals surface area contributed by atoms with Gasteiger partial charge in [0.25, 0.3) is 10.2 Å². The lowest BCUT2D eigenvalue weighted by Gasteiger charge is -2.20. The van der Waals surface area contributed by atoms with Crippen LogP contribution in [-0.2, 0) is 15.0 Å². The first-order chi connectivity index (χ1) is 8.80. The van der Waals surface area contributed by atoms with Crippen molar-refractivity contribution >= 4 is 16.2 Å². The Bertz CT molecular complexity index is 391. The van der Waals surface area contributed by atoms with Crippen molar-refractivity contribution in [2.45, 2.75) is 52.0 Å². The standard InChI is InChI=1S/C12H24N2O4S/c1-9(2)10(3-6-12(15)16)7-8-13-19(17,18)14-11-4-5-11/h9-11,13-14H,3-8H2,1-2H3,(H,15,16). The van der Waals surface area contributed by atoms with Gasteiger partial charge >= 0.3 is 5.97 Å². The molecule has 0 aromatic carbocycles. The lowest BCUT2D eigenvalue weighted by atomic mass is 9.88. The Balaban J connectivity index is 2.28. The van der Waals surface area contributed by atoms with Crippen LogP contribution in [0.25, 0.3) is 0 Å². The summed E-state index contributed by atoms with van der Waals surface area (Å²) in [7, 11) is -3.39. The summed E-state index contributed by atoms with van der Waals surface area (Å²) in [6.07, 6.45) is 3.21. The maximum atomic E-state index is 11.6. The second-order valence-corrected chi connectivity index (χ2v) is 7.05. The first-order valence-electron chi connectivity index (χ1n) is 6.79. The van der Waals surface area contributed by atoms with E-state index in [1.165, 1.54) is 0 Å². The Kier molecular flexibility index (Phi) is 6.22. The van der Waals surface area contributed by atoms with Crippen molar-refractivity contribution in [2.24, 2.45) is 11.8 Å². The summed E-state index contributed by atoms with van der Waals surface area (Å²) in [6, 6.07) is 0.102. The van der Waals surface area contributed by atoms with Gasteiger partial charge in [0.1, 0.15) is 0 Å². The maximum Gasteiger partial charge on any atom is 0.303 e. The predicted octanol–water partition coefficient (Wildman–Crippen LogP) is 1.10. The van der Waals surface area contributed by atoms with E-state index in [9.17, 15) is 13.2 Å².